The molecule has 5 rings (SSSR count). The van der Waals surface area contributed by atoms with E-state index < -0.39 is 0 Å². The summed E-state index contributed by atoms with van der Waals surface area (Å²) in [5.41, 5.74) is 4.48. The number of rotatable bonds is 2. The molecule has 1 aliphatic carbocycles. The first kappa shape index (κ1) is 16.6. The lowest BCUT2D eigenvalue weighted by Crippen LogP contribution is -2.37. The van der Waals surface area contributed by atoms with Crippen LogP contribution in [0.5, 0.6) is 0 Å². The number of nitrogens with zero attached hydrogens (tertiary/aromatic N) is 1. The average Bonchev–Trinajstić information content (AvgIpc) is 3.24. The Balaban J connectivity index is 1.56. The average molecular weight is 358 g/mol. The molecule has 3 nitrogen and oxygen atoms in total. The number of piperidine rings is 1. The van der Waals surface area contributed by atoms with Crippen molar-refractivity contribution in [3.05, 3.63) is 77.4 Å². The quantitative estimate of drug-likeness (QED) is 0.754. The predicted molar refractivity (Wildman–Crippen MR) is 109 cm³/mol. The molecule has 2 aromatic rings. The second-order valence-corrected chi connectivity index (χ2v) is 8.01. The molecule has 3 unspecified atom stereocenters. The third kappa shape index (κ3) is 2.86. The number of para-hydroxylation sites is 1. The molecule has 0 bridgehead atoms. The van der Waals surface area contributed by atoms with Gasteiger partial charge in [-0.2, -0.15) is 0 Å². The summed E-state index contributed by atoms with van der Waals surface area (Å²) in [4.78, 5) is 15.3. The van der Waals surface area contributed by atoms with Crippen molar-refractivity contribution in [1.29, 1.82) is 0 Å². The molecule has 1 fully saturated rings. The van der Waals surface area contributed by atoms with Crippen molar-refractivity contribution >= 4 is 11.6 Å². The summed E-state index contributed by atoms with van der Waals surface area (Å²) in [6, 6.07) is 17.2. The minimum absolute atomic E-state index is 0.186. The SMILES string of the molecule is O=C(c1cccc2c1NC(c1ccccc1)C1CC=CC21)N1CCCCC1. The second kappa shape index (κ2) is 6.88. The number of hydrogen-bond acceptors (Lipinski definition) is 2. The van der Waals surface area contributed by atoms with E-state index in [1.54, 1.807) is 0 Å². The molecule has 138 valence electrons. The molecule has 3 aliphatic rings. The van der Waals surface area contributed by atoms with Gasteiger partial charge in [0, 0.05) is 19.0 Å². The zero-order chi connectivity index (χ0) is 18.2. The van der Waals surface area contributed by atoms with Gasteiger partial charge in [-0.25, -0.2) is 0 Å². The molecule has 1 amide bonds. The fourth-order valence-electron chi connectivity index (χ4n) is 5.06. The fourth-order valence-corrected chi connectivity index (χ4v) is 5.06. The standard InChI is InChI=1S/C24H26N2O/c27-24(26-15-5-2-6-16-26)21-14-8-13-20-18-11-7-12-19(18)22(25-23(20)21)17-9-3-1-4-10-17/h1,3-4,7-11,13-14,18-19,22,25H,2,5-6,12,15-16H2. The van der Waals surface area contributed by atoms with E-state index in [2.05, 4.69) is 59.9 Å². The summed E-state index contributed by atoms with van der Waals surface area (Å²) in [5, 5.41) is 3.79. The molecular formula is C24H26N2O. The van der Waals surface area contributed by atoms with Crippen molar-refractivity contribution in [3.63, 3.8) is 0 Å². The Kier molecular flexibility index (Phi) is 4.23. The molecule has 3 heteroatoms. The van der Waals surface area contributed by atoms with E-state index in [0.717, 1.165) is 43.6 Å². The van der Waals surface area contributed by atoms with Crippen LogP contribution < -0.4 is 5.32 Å². The number of allylic oxidation sites excluding steroid dienone is 2. The molecule has 3 atom stereocenters. The number of anilines is 1. The van der Waals surface area contributed by atoms with E-state index in [0.29, 0.717) is 11.8 Å². The molecule has 1 saturated heterocycles. The van der Waals surface area contributed by atoms with E-state index in [-0.39, 0.29) is 11.9 Å². The van der Waals surface area contributed by atoms with Crippen LogP contribution in [0.25, 0.3) is 0 Å². The maximum atomic E-state index is 13.3. The number of likely N-dealkylation sites (tertiary alicyclic amines) is 1. The summed E-state index contributed by atoms with van der Waals surface area (Å²) >= 11 is 0. The van der Waals surface area contributed by atoms with Crippen LogP contribution in [0.15, 0.2) is 60.7 Å². The van der Waals surface area contributed by atoms with E-state index >= 15 is 0 Å². The molecule has 0 aromatic heterocycles. The Labute approximate surface area is 161 Å². The minimum atomic E-state index is 0.186. The number of carbonyl (C=O) groups excluding carboxylic acids is 1. The van der Waals surface area contributed by atoms with Gasteiger partial charge in [0.2, 0.25) is 0 Å². The predicted octanol–water partition coefficient (Wildman–Crippen LogP) is 5.14. The van der Waals surface area contributed by atoms with Crippen LogP contribution in [0, 0.1) is 5.92 Å². The van der Waals surface area contributed by atoms with Gasteiger partial charge in [-0.05, 0) is 48.8 Å². The van der Waals surface area contributed by atoms with Gasteiger partial charge in [0.1, 0.15) is 0 Å². The number of amides is 1. The molecular weight excluding hydrogens is 332 g/mol. The Morgan fingerprint density at radius 2 is 1.78 bits per heavy atom. The van der Waals surface area contributed by atoms with Gasteiger partial charge < -0.3 is 10.2 Å². The summed E-state index contributed by atoms with van der Waals surface area (Å²) in [6.07, 6.45) is 9.21. The molecule has 2 aromatic carbocycles. The molecule has 0 saturated carbocycles. The molecule has 27 heavy (non-hydrogen) atoms. The van der Waals surface area contributed by atoms with Crippen LogP contribution in [0.3, 0.4) is 0 Å². The van der Waals surface area contributed by atoms with Crippen molar-refractivity contribution in [2.75, 3.05) is 18.4 Å². The largest absolute Gasteiger partial charge is 0.377 e. The number of benzene rings is 2. The third-order valence-corrected chi connectivity index (χ3v) is 6.43. The van der Waals surface area contributed by atoms with Gasteiger partial charge in [0.15, 0.2) is 0 Å². The Morgan fingerprint density at radius 1 is 0.963 bits per heavy atom. The van der Waals surface area contributed by atoms with Crippen LogP contribution >= 0.6 is 0 Å². The van der Waals surface area contributed by atoms with Crippen molar-refractivity contribution < 1.29 is 4.79 Å². The highest BCUT2D eigenvalue weighted by atomic mass is 16.2. The van der Waals surface area contributed by atoms with Gasteiger partial charge >= 0.3 is 0 Å². The van der Waals surface area contributed by atoms with Crippen LogP contribution in [0.2, 0.25) is 0 Å². The second-order valence-electron chi connectivity index (χ2n) is 8.01. The maximum absolute atomic E-state index is 13.3. The van der Waals surface area contributed by atoms with E-state index in [9.17, 15) is 4.79 Å². The van der Waals surface area contributed by atoms with Crippen LogP contribution in [0.1, 0.15) is 59.1 Å². The first-order valence-electron chi connectivity index (χ1n) is 10.2. The summed E-state index contributed by atoms with van der Waals surface area (Å²) in [6.45, 7) is 1.77. The number of fused-ring (bicyclic) bond motifs is 3. The highest BCUT2D eigenvalue weighted by Gasteiger charge is 2.39. The molecule has 2 heterocycles. The van der Waals surface area contributed by atoms with Gasteiger partial charge in [-0.15, -0.1) is 0 Å². The lowest BCUT2D eigenvalue weighted by atomic mass is 9.76. The van der Waals surface area contributed by atoms with Crippen molar-refractivity contribution in [2.24, 2.45) is 5.92 Å². The van der Waals surface area contributed by atoms with Gasteiger partial charge in [-0.1, -0.05) is 54.6 Å². The smallest absolute Gasteiger partial charge is 0.255 e. The summed E-state index contributed by atoms with van der Waals surface area (Å²) < 4.78 is 0. The normalized spacial score (nSPS) is 26.2. The number of hydrogen-bond donors (Lipinski definition) is 1. The fraction of sp³-hybridized carbons (Fsp3) is 0.375. The Morgan fingerprint density at radius 3 is 2.59 bits per heavy atom. The molecule has 0 radical (unpaired) electrons. The van der Waals surface area contributed by atoms with Crippen molar-refractivity contribution in [1.82, 2.24) is 4.90 Å². The van der Waals surface area contributed by atoms with Gasteiger partial charge in [-0.3, -0.25) is 4.79 Å². The first-order chi connectivity index (χ1) is 13.3. The highest BCUT2D eigenvalue weighted by molar-refractivity contribution is 6.01. The number of carbonyl (C=O) groups is 1. The lowest BCUT2D eigenvalue weighted by molar-refractivity contribution is 0.0725. The van der Waals surface area contributed by atoms with E-state index in [4.69, 9.17) is 0 Å². The highest BCUT2D eigenvalue weighted by Crippen LogP contribution is 2.50. The van der Waals surface area contributed by atoms with Crippen LogP contribution in [-0.4, -0.2) is 23.9 Å². The van der Waals surface area contributed by atoms with E-state index in [1.165, 1.54) is 17.5 Å². The Bertz CT molecular complexity index is 867. The Hall–Kier alpha value is -2.55. The van der Waals surface area contributed by atoms with Crippen LogP contribution in [0.4, 0.5) is 5.69 Å². The van der Waals surface area contributed by atoms with Crippen LogP contribution in [-0.2, 0) is 0 Å². The minimum Gasteiger partial charge on any atom is -0.377 e. The molecule has 2 aliphatic heterocycles. The zero-order valence-corrected chi connectivity index (χ0v) is 15.6. The monoisotopic (exact) mass is 358 g/mol. The topological polar surface area (TPSA) is 32.3 Å². The van der Waals surface area contributed by atoms with Gasteiger partial charge in [0.25, 0.3) is 5.91 Å². The lowest BCUT2D eigenvalue weighted by Gasteiger charge is -2.39. The van der Waals surface area contributed by atoms with Crippen molar-refractivity contribution in [3.8, 4) is 0 Å². The first-order valence-corrected chi connectivity index (χ1v) is 10.2. The number of nitrogens with one attached hydrogen (secondary N) is 1. The van der Waals surface area contributed by atoms with Gasteiger partial charge in [0.05, 0.1) is 17.3 Å². The van der Waals surface area contributed by atoms with Crippen molar-refractivity contribution in [2.45, 2.75) is 37.6 Å². The third-order valence-electron chi connectivity index (χ3n) is 6.43. The molecule has 1 N–H and O–H groups in total. The zero-order valence-electron chi connectivity index (χ0n) is 15.6. The molecule has 0 spiro atoms. The summed E-state index contributed by atoms with van der Waals surface area (Å²) in [7, 11) is 0. The maximum Gasteiger partial charge on any atom is 0.255 e. The summed E-state index contributed by atoms with van der Waals surface area (Å²) in [5.74, 6) is 1.09. The van der Waals surface area contributed by atoms with E-state index in [1.807, 2.05) is 11.0 Å².